The molecule has 1 atom stereocenters. The number of nitrogens with one attached hydrogen (secondary N) is 1. The zero-order valence-corrected chi connectivity index (χ0v) is 10.4. The maximum absolute atomic E-state index is 5.84. The summed E-state index contributed by atoms with van der Waals surface area (Å²) in [5.41, 5.74) is 2.55. The van der Waals surface area contributed by atoms with E-state index in [1.807, 2.05) is 33.0 Å². The highest BCUT2D eigenvalue weighted by atomic mass is 35.5. The van der Waals surface area contributed by atoms with Crippen molar-refractivity contribution in [1.29, 1.82) is 0 Å². The van der Waals surface area contributed by atoms with Gasteiger partial charge in [-0.05, 0) is 44.2 Å². The second kappa shape index (κ2) is 6.86. The summed E-state index contributed by atoms with van der Waals surface area (Å²) in [5, 5.41) is 4.00. The van der Waals surface area contributed by atoms with Gasteiger partial charge in [-0.3, -0.25) is 0 Å². The average molecular weight is 214 g/mol. The molecule has 14 heavy (non-hydrogen) atoms. The Morgan fingerprint density at radius 2 is 1.86 bits per heavy atom. The van der Waals surface area contributed by atoms with Crippen molar-refractivity contribution in [3.63, 3.8) is 0 Å². The van der Waals surface area contributed by atoms with E-state index >= 15 is 0 Å². The summed E-state index contributed by atoms with van der Waals surface area (Å²) in [6, 6.07) is 6.38. The summed E-state index contributed by atoms with van der Waals surface area (Å²) in [7, 11) is 1.96. The molecule has 0 aliphatic rings. The second-order valence-electron chi connectivity index (χ2n) is 3.01. The van der Waals surface area contributed by atoms with Crippen LogP contribution in [0.1, 0.15) is 37.9 Å². The van der Waals surface area contributed by atoms with Crippen molar-refractivity contribution in [1.82, 2.24) is 5.32 Å². The zero-order chi connectivity index (χ0) is 11.1. The van der Waals surface area contributed by atoms with Crippen molar-refractivity contribution < 1.29 is 0 Å². The highest BCUT2D eigenvalue weighted by Crippen LogP contribution is 2.20. The fraction of sp³-hybridized carbons (Fsp3) is 0.500. The summed E-state index contributed by atoms with van der Waals surface area (Å²) in [5.74, 6) is 0. The first kappa shape index (κ1) is 13.5. The topological polar surface area (TPSA) is 12.0 Å². The number of benzene rings is 1. The first-order chi connectivity index (χ1) is 6.65. The van der Waals surface area contributed by atoms with E-state index in [0.717, 1.165) is 5.02 Å². The minimum absolute atomic E-state index is 0.391. The lowest BCUT2D eigenvalue weighted by atomic mass is 10.0. The summed E-state index contributed by atoms with van der Waals surface area (Å²) in [4.78, 5) is 0. The van der Waals surface area contributed by atoms with Gasteiger partial charge in [0.15, 0.2) is 0 Å². The first-order valence-corrected chi connectivity index (χ1v) is 5.46. The summed E-state index contributed by atoms with van der Waals surface area (Å²) < 4.78 is 0. The average Bonchev–Trinajstić information content (AvgIpc) is 2.20. The molecule has 0 aliphatic heterocycles. The van der Waals surface area contributed by atoms with Gasteiger partial charge in [0.25, 0.3) is 0 Å². The van der Waals surface area contributed by atoms with Crippen molar-refractivity contribution in [3.05, 3.63) is 34.3 Å². The van der Waals surface area contributed by atoms with E-state index in [1.54, 1.807) is 0 Å². The van der Waals surface area contributed by atoms with E-state index in [0.29, 0.717) is 6.04 Å². The molecule has 1 aromatic rings. The summed E-state index contributed by atoms with van der Waals surface area (Å²) in [6.07, 6.45) is 0. The van der Waals surface area contributed by atoms with Crippen molar-refractivity contribution >= 4 is 11.6 Å². The van der Waals surface area contributed by atoms with Gasteiger partial charge in [0.2, 0.25) is 0 Å². The molecule has 0 heterocycles. The Morgan fingerprint density at radius 3 is 2.29 bits per heavy atom. The molecule has 0 aromatic heterocycles. The molecule has 0 unspecified atom stereocenters. The van der Waals surface area contributed by atoms with Gasteiger partial charge in [0.1, 0.15) is 0 Å². The number of rotatable bonds is 2. The van der Waals surface area contributed by atoms with Crippen LogP contribution in [0, 0.1) is 6.92 Å². The molecule has 0 saturated carbocycles. The quantitative estimate of drug-likeness (QED) is 0.785. The lowest BCUT2D eigenvalue weighted by Gasteiger charge is -2.13. The fourth-order valence-corrected chi connectivity index (χ4v) is 1.51. The molecule has 0 spiro atoms. The van der Waals surface area contributed by atoms with Crippen LogP contribution in [0.4, 0.5) is 0 Å². The molecule has 0 aliphatic carbocycles. The van der Waals surface area contributed by atoms with Gasteiger partial charge >= 0.3 is 0 Å². The van der Waals surface area contributed by atoms with Crippen molar-refractivity contribution in [2.75, 3.05) is 7.05 Å². The van der Waals surface area contributed by atoms with Gasteiger partial charge in [-0.2, -0.15) is 0 Å². The van der Waals surface area contributed by atoms with Crippen LogP contribution < -0.4 is 5.32 Å². The van der Waals surface area contributed by atoms with E-state index in [9.17, 15) is 0 Å². The SMILES string of the molecule is CC.CN[C@@H](C)c1ccc(Cl)cc1C. The Morgan fingerprint density at radius 1 is 1.29 bits per heavy atom. The molecule has 0 saturated heterocycles. The normalized spacial score (nSPS) is 11.6. The van der Waals surface area contributed by atoms with Crippen LogP contribution >= 0.6 is 11.6 Å². The monoisotopic (exact) mass is 213 g/mol. The van der Waals surface area contributed by atoms with Gasteiger partial charge in [-0.15, -0.1) is 0 Å². The smallest absolute Gasteiger partial charge is 0.0408 e. The maximum Gasteiger partial charge on any atom is 0.0408 e. The van der Waals surface area contributed by atoms with Gasteiger partial charge in [0.05, 0.1) is 0 Å². The predicted molar refractivity (Wildman–Crippen MR) is 65.0 cm³/mol. The number of halogens is 1. The van der Waals surface area contributed by atoms with Crippen molar-refractivity contribution in [2.45, 2.75) is 33.7 Å². The maximum atomic E-state index is 5.84. The third kappa shape index (κ3) is 3.69. The number of hydrogen-bond donors (Lipinski definition) is 1. The van der Waals surface area contributed by atoms with Crippen LogP contribution in [-0.2, 0) is 0 Å². The highest BCUT2D eigenvalue weighted by Gasteiger charge is 2.05. The Balaban J connectivity index is 0.000000791. The van der Waals surface area contributed by atoms with E-state index < -0.39 is 0 Å². The van der Waals surface area contributed by atoms with E-state index in [-0.39, 0.29) is 0 Å². The second-order valence-corrected chi connectivity index (χ2v) is 3.45. The largest absolute Gasteiger partial charge is 0.313 e. The third-order valence-corrected chi connectivity index (χ3v) is 2.37. The fourth-order valence-electron chi connectivity index (χ4n) is 1.28. The summed E-state index contributed by atoms with van der Waals surface area (Å²) in [6.45, 7) is 8.21. The highest BCUT2D eigenvalue weighted by molar-refractivity contribution is 6.30. The summed E-state index contributed by atoms with van der Waals surface area (Å²) >= 11 is 5.84. The van der Waals surface area contributed by atoms with Crippen molar-refractivity contribution in [3.8, 4) is 0 Å². The molecule has 0 amide bonds. The zero-order valence-electron chi connectivity index (χ0n) is 9.69. The third-order valence-electron chi connectivity index (χ3n) is 2.13. The Kier molecular flexibility index (Phi) is 6.60. The minimum atomic E-state index is 0.391. The molecular formula is C12H20ClN. The van der Waals surface area contributed by atoms with Gasteiger partial charge in [-0.25, -0.2) is 0 Å². The van der Waals surface area contributed by atoms with Crippen LogP contribution in [-0.4, -0.2) is 7.05 Å². The van der Waals surface area contributed by atoms with Crippen LogP contribution in [0.25, 0.3) is 0 Å². The van der Waals surface area contributed by atoms with Crippen LogP contribution in [0.2, 0.25) is 5.02 Å². The minimum Gasteiger partial charge on any atom is -0.313 e. The Bertz CT molecular complexity index is 271. The van der Waals surface area contributed by atoms with Gasteiger partial charge in [-0.1, -0.05) is 31.5 Å². The number of hydrogen-bond acceptors (Lipinski definition) is 1. The molecule has 1 aromatic carbocycles. The molecule has 0 radical (unpaired) electrons. The Hall–Kier alpha value is -0.530. The van der Waals surface area contributed by atoms with Crippen LogP contribution in [0.15, 0.2) is 18.2 Å². The predicted octanol–water partition coefficient (Wildman–Crippen LogP) is 3.96. The molecule has 2 heteroatoms. The Labute approximate surface area is 92.5 Å². The molecule has 80 valence electrons. The molecular weight excluding hydrogens is 194 g/mol. The first-order valence-electron chi connectivity index (χ1n) is 5.08. The van der Waals surface area contributed by atoms with Crippen LogP contribution in [0.3, 0.4) is 0 Å². The molecule has 0 bridgehead atoms. The van der Waals surface area contributed by atoms with Crippen molar-refractivity contribution in [2.24, 2.45) is 0 Å². The lowest BCUT2D eigenvalue weighted by molar-refractivity contribution is 0.648. The standard InChI is InChI=1S/C10H14ClN.C2H6/c1-7-6-9(11)4-5-10(7)8(2)12-3;1-2/h4-6,8,12H,1-3H3;1-2H3/t8-;/m0./s1. The van der Waals surface area contributed by atoms with Crippen LogP contribution in [0.5, 0.6) is 0 Å². The van der Waals surface area contributed by atoms with E-state index in [1.165, 1.54) is 11.1 Å². The number of aryl methyl sites for hydroxylation is 1. The van der Waals surface area contributed by atoms with Gasteiger partial charge in [0, 0.05) is 11.1 Å². The van der Waals surface area contributed by atoms with E-state index in [2.05, 4.69) is 25.2 Å². The molecule has 0 fully saturated rings. The molecule has 1 N–H and O–H groups in total. The lowest BCUT2D eigenvalue weighted by Crippen LogP contribution is -2.13. The molecule has 1 rings (SSSR count). The molecule has 1 nitrogen and oxygen atoms in total. The van der Waals surface area contributed by atoms with Gasteiger partial charge < -0.3 is 5.32 Å². The van der Waals surface area contributed by atoms with E-state index in [4.69, 9.17) is 11.6 Å².